The van der Waals surface area contributed by atoms with E-state index < -0.39 is 30.0 Å². The third kappa shape index (κ3) is 2.72. The van der Waals surface area contributed by atoms with Crippen molar-refractivity contribution >= 4 is 43.5 Å². The number of rotatable bonds is 2. The summed E-state index contributed by atoms with van der Waals surface area (Å²) in [5.74, 6) is -1.24. The van der Waals surface area contributed by atoms with Gasteiger partial charge in [-0.05, 0) is 18.2 Å². The molecule has 0 bridgehead atoms. The molecule has 0 unspecified atom stereocenters. The average molecular weight is 440 g/mol. The Morgan fingerprint density at radius 1 is 1.19 bits per heavy atom. The van der Waals surface area contributed by atoms with E-state index >= 15 is 0 Å². The van der Waals surface area contributed by atoms with Gasteiger partial charge in [0.2, 0.25) is 5.82 Å². The van der Waals surface area contributed by atoms with Crippen molar-refractivity contribution in [3.05, 3.63) is 24.0 Å². The van der Waals surface area contributed by atoms with Crippen molar-refractivity contribution in [1.82, 2.24) is 9.55 Å². The topological polar surface area (TPSA) is 52.0 Å². The quantitative estimate of drug-likeness (QED) is 0.409. The Bertz CT molecular complexity index is 807. The smallest absolute Gasteiger partial charge is 0.323 e. The molecule has 0 N–H and O–H groups in total. The molecular formula is C10H6F5IN2O2S. The highest BCUT2D eigenvalue weighted by atomic mass is 127. The molecule has 0 spiro atoms. The number of hydrogen-bond donors (Lipinski definition) is 0. The average Bonchev–Trinajstić information content (AvgIpc) is 2.64. The van der Waals surface area contributed by atoms with Gasteiger partial charge in [0.05, 0.1) is 15.9 Å². The molecule has 0 fully saturated rings. The van der Waals surface area contributed by atoms with E-state index in [0.717, 1.165) is 19.2 Å². The van der Waals surface area contributed by atoms with Crippen LogP contribution in [-0.2, 0) is 23.1 Å². The fraction of sp³-hybridized carbons (Fsp3) is 0.300. The number of aromatic nitrogens is 2. The molecule has 2 aromatic rings. The van der Waals surface area contributed by atoms with Gasteiger partial charge in [0, 0.05) is 29.6 Å². The van der Waals surface area contributed by atoms with Crippen LogP contribution in [-0.4, -0.2) is 21.2 Å². The molecule has 2 rings (SSSR count). The number of nitrogens with zero attached hydrogens (tertiary/aromatic N) is 2. The molecule has 0 atom stereocenters. The van der Waals surface area contributed by atoms with Crippen LogP contribution >= 0.6 is 22.6 Å². The van der Waals surface area contributed by atoms with E-state index in [-0.39, 0.29) is 11.0 Å². The van der Waals surface area contributed by atoms with Gasteiger partial charge in [0.25, 0.3) is 9.84 Å². The van der Waals surface area contributed by atoms with Gasteiger partial charge in [-0.2, -0.15) is 22.0 Å². The number of fused-ring (bicyclic) bond motifs is 1. The van der Waals surface area contributed by atoms with Crippen LogP contribution < -0.4 is 0 Å². The van der Waals surface area contributed by atoms with Crippen molar-refractivity contribution in [1.29, 1.82) is 0 Å². The molecular weight excluding hydrogens is 434 g/mol. The van der Waals surface area contributed by atoms with Crippen LogP contribution in [0.2, 0.25) is 0 Å². The van der Waals surface area contributed by atoms with Crippen LogP contribution in [0.1, 0.15) is 5.82 Å². The van der Waals surface area contributed by atoms with Gasteiger partial charge < -0.3 is 4.57 Å². The Kier molecular flexibility index (Phi) is 3.72. The predicted octanol–water partition coefficient (Wildman–Crippen LogP) is 3.35. The largest absolute Gasteiger partial charge is 0.449 e. The Labute approximate surface area is 129 Å². The number of aryl methyl sites for hydroxylation is 1. The van der Waals surface area contributed by atoms with E-state index in [0.29, 0.717) is 33.2 Å². The maximum Gasteiger partial charge on any atom is 0.449 e. The van der Waals surface area contributed by atoms with E-state index in [4.69, 9.17) is 0 Å². The number of benzene rings is 1. The normalized spacial score (nSPS) is 13.9. The van der Waals surface area contributed by atoms with Gasteiger partial charge in [-0.15, -0.1) is 0 Å². The van der Waals surface area contributed by atoms with Crippen molar-refractivity contribution < 1.29 is 30.4 Å². The lowest BCUT2D eigenvalue weighted by atomic mass is 10.3. The van der Waals surface area contributed by atoms with Crippen LogP contribution in [0.25, 0.3) is 11.0 Å². The van der Waals surface area contributed by atoms with Crippen molar-refractivity contribution in [3.8, 4) is 0 Å². The molecule has 0 aliphatic rings. The fourth-order valence-electron chi connectivity index (χ4n) is 1.73. The molecule has 1 heterocycles. The summed E-state index contributed by atoms with van der Waals surface area (Å²) in [5.41, 5.74) is -0.343. The zero-order valence-electron chi connectivity index (χ0n) is 10.1. The van der Waals surface area contributed by atoms with Gasteiger partial charge >= 0.3 is 9.44 Å². The summed E-state index contributed by atoms with van der Waals surface area (Å²) >= 11 is 0.444. The van der Waals surface area contributed by atoms with E-state index in [1.807, 2.05) is 0 Å². The Morgan fingerprint density at radius 2 is 1.76 bits per heavy atom. The Hall–Kier alpha value is -0.980. The summed E-state index contributed by atoms with van der Waals surface area (Å²) in [6.07, 6.45) is -4.74. The van der Waals surface area contributed by atoms with E-state index in [1.165, 1.54) is 0 Å². The van der Waals surface area contributed by atoms with Gasteiger partial charge in [-0.3, -0.25) is 0 Å². The molecule has 0 radical (unpaired) electrons. The number of imidazole rings is 1. The van der Waals surface area contributed by atoms with Crippen LogP contribution in [0.4, 0.5) is 22.0 Å². The Balaban J connectivity index is 2.70. The van der Waals surface area contributed by atoms with Crippen molar-refractivity contribution in [2.45, 2.75) is 14.3 Å². The third-order valence-corrected chi connectivity index (χ3v) is 5.94. The molecule has 0 aliphatic heterocycles. The zero-order chi connectivity index (χ0) is 16.2. The highest BCUT2D eigenvalue weighted by molar-refractivity contribution is 14.1. The predicted molar refractivity (Wildman–Crippen MR) is 71.9 cm³/mol. The molecule has 0 saturated heterocycles. The number of hydrogen-bond acceptors (Lipinski definition) is 3. The maximum atomic E-state index is 13.1. The summed E-state index contributed by atoms with van der Waals surface area (Å²) in [6, 6.07) is 2.53. The SMILES string of the molecule is Cn1c(C(F)(F)F)nc2cc(S(=O)(=O)C(F)(F)I)ccc21. The second kappa shape index (κ2) is 4.76. The monoisotopic (exact) mass is 440 g/mol. The number of alkyl halides is 6. The highest BCUT2D eigenvalue weighted by Crippen LogP contribution is 2.37. The molecule has 0 saturated carbocycles. The minimum absolute atomic E-state index is 0.0157. The van der Waals surface area contributed by atoms with E-state index in [1.54, 1.807) is 0 Å². The lowest BCUT2D eigenvalue weighted by Gasteiger charge is -2.09. The van der Waals surface area contributed by atoms with Crippen molar-refractivity contribution in [2.75, 3.05) is 0 Å². The van der Waals surface area contributed by atoms with Crippen LogP contribution in [0.3, 0.4) is 0 Å². The van der Waals surface area contributed by atoms with Gasteiger partial charge in [-0.1, -0.05) is 0 Å². The summed E-state index contributed by atoms with van der Waals surface area (Å²) < 4.78 is 84.0. The minimum Gasteiger partial charge on any atom is -0.323 e. The minimum atomic E-state index is -4.98. The lowest BCUT2D eigenvalue weighted by molar-refractivity contribution is -0.146. The van der Waals surface area contributed by atoms with Gasteiger partial charge in [-0.25, -0.2) is 13.4 Å². The van der Waals surface area contributed by atoms with Crippen molar-refractivity contribution in [2.24, 2.45) is 7.05 Å². The van der Waals surface area contributed by atoms with Crippen LogP contribution in [0.15, 0.2) is 23.1 Å². The first-order chi connectivity index (χ1) is 9.35. The summed E-state index contributed by atoms with van der Waals surface area (Å²) in [6.45, 7) is 0. The maximum absolute atomic E-state index is 13.1. The highest BCUT2D eigenvalue weighted by Gasteiger charge is 2.43. The summed E-state index contributed by atoms with van der Waals surface area (Å²) in [5, 5.41) is 0. The molecule has 11 heteroatoms. The first-order valence-corrected chi connectivity index (χ1v) is 7.77. The second-order valence-corrected chi connectivity index (χ2v) is 8.17. The molecule has 0 amide bonds. The van der Waals surface area contributed by atoms with Crippen LogP contribution in [0.5, 0.6) is 0 Å². The Morgan fingerprint density at radius 3 is 2.24 bits per heavy atom. The fourth-order valence-corrected chi connectivity index (χ4v) is 3.28. The summed E-state index contributed by atoms with van der Waals surface area (Å²) in [7, 11) is -3.89. The lowest BCUT2D eigenvalue weighted by Crippen LogP contribution is -2.21. The molecule has 1 aromatic heterocycles. The van der Waals surface area contributed by atoms with Crippen LogP contribution in [0, 0.1) is 0 Å². The molecule has 1 aromatic carbocycles. The third-order valence-electron chi connectivity index (χ3n) is 2.72. The van der Waals surface area contributed by atoms with E-state index in [2.05, 4.69) is 4.98 Å². The summed E-state index contributed by atoms with van der Waals surface area (Å²) in [4.78, 5) is 2.48. The standard InChI is InChI=1S/C10H6F5IN2O2S/c1-18-7-3-2-5(21(19,20)10(14,15)16)4-6(7)17-8(18)9(11,12)13/h2-4H,1H3. The first-order valence-electron chi connectivity index (χ1n) is 5.21. The zero-order valence-corrected chi connectivity index (χ0v) is 13.1. The van der Waals surface area contributed by atoms with E-state index in [9.17, 15) is 30.4 Å². The van der Waals surface area contributed by atoms with Crippen molar-refractivity contribution in [3.63, 3.8) is 0 Å². The molecule has 21 heavy (non-hydrogen) atoms. The van der Waals surface area contributed by atoms with Gasteiger partial charge in [0.15, 0.2) is 0 Å². The molecule has 4 nitrogen and oxygen atoms in total. The number of sulfone groups is 1. The second-order valence-electron chi connectivity index (χ2n) is 4.09. The molecule has 116 valence electrons. The number of halogens is 6. The molecule has 0 aliphatic carbocycles. The first kappa shape index (κ1) is 16.4. The van der Waals surface area contributed by atoms with Gasteiger partial charge in [0.1, 0.15) is 0 Å².